The van der Waals surface area contributed by atoms with Gasteiger partial charge in [0.1, 0.15) is 11.4 Å². The summed E-state index contributed by atoms with van der Waals surface area (Å²) in [6, 6.07) is 11.3. The minimum Gasteiger partial charge on any atom is -0.339 e. The molecule has 1 amide bonds. The monoisotopic (exact) mass is 403 g/mol. The van der Waals surface area contributed by atoms with Crippen LogP contribution in [0.4, 0.5) is 11.5 Å². The molecule has 1 aliphatic heterocycles. The number of carbonyl (C=O) groups excluding carboxylic acids is 1. The van der Waals surface area contributed by atoms with Crippen molar-refractivity contribution < 1.29 is 4.79 Å². The van der Waals surface area contributed by atoms with Crippen molar-refractivity contribution in [3.05, 3.63) is 81.7 Å². The van der Waals surface area contributed by atoms with Gasteiger partial charge in [-0.1, -0.05) is 6.07 Å². The topological polar surface area (TPSA) is 80.1 Å². The molecule has 30 heavy (non-hydrogen) atoms. The van der Waals surface area contributed by atoms with Crippen molar-refractivity contribution in [1.82, 2.24) is 19.4 Å². The van der Waals surface area contributed by atoms with E-state index in [1.807, 2.05) is 50.2 Å². The van der Waals surface area contributed by atoms with Crippen LogP contribution in [-0.4, -0.2) is 31.9 Å². The molecule has 1 saturated heterocycles. The number of likely N-dealkylation sites (tertiary alicyclic amines) is 1. The van der Waals surface area contributed by atoms with E-state index >= 15 is 0 Å². The quantitative estimate of drug-likeness (QED) is 0.721. The third-order valence-corrected chi connectivity index (χ3v) is 5.66. The predicted molar refractivity (Wildman–Crippen MR) is 116 cm³/mol. The van der Waals surface area contributed by atoms with Crippen LogP contribution < -0.4 is 10.9 Å². The molecule has 0 saturated carbocycles. The minimum absolute atomic E-state index is 0.133. The number of amides is 1. The zero-order valence-electron chi connectivity index (χ0n) is 17.4. The van der Waals surface area contributed by atoms with E-state index in [1.165, 1.54) is 4.57 Å². The standard InChI is InChI=1S/C23H25N5O2/c1-15-13-16(2)27(3)22(29)21(15)23(30)28-12-6-7-19(28)18-10-9-17(14-25-18)26-20-8-4-5-11-24-20/h4-5,8-11,13-14,19H,6-7,12H2,1-3H3,(H,24,26)/t19-/m1/s1. The molecule has 7 nitrogen and oxygen atoms in total. The maximum atomic E-state index is 13.3. The number of carbonyl (C=O) groups is 1. The molecule has 1 aliphatic rings. The largest absolute Gasteiger partial charge is 0.339 e. The van der Waals surface area contributed by atoms with Crippen molar-refractivity contribution >= 4 is 17.4 Å². The van der Waals surface area contributed by atoms with Crippen LogP contribution in [0.2, 0.25) is 0 Å². The van der Waals surface area contributed by atoms with E-state index < -0.39 is 0 Å². The minimum atomic E-state index is -0.244. The van der Waals surface area contributed by atoms with E-state index in [4.69, 9.17) is 0 Å². The van der Waals surface area contributed by atoms with Crippen LogP contribution in [0.1, 0.15) is 46.2 Å². The highest BCUT2D eigenvalue weighted by Crippen LogP contribution is 2.32. The molecule has 0 aliphatic carbocycles. The molecule has 1 N–H and O–H groups in total. The molecule has 4 rings (SSSR count). The van der Waals surface area contributed by atoms with Crippen LogP contribution in [0, 0.1) is 13.8 Å². The maximum Gasteiger partial charge on any atom is 0.263 e. The van der Waals surface area contributed by atoms with Crippen LogP contribution in [0.25, 0.3) is 0 Å². The smallest absolute Gasteiger partial charge is 0.263 e. The second kappa shape index (κ2) is 8.10. The SMILES string of the molecule is Cc1cc(C)n(C)c(=O)c1C(=O)N1CCC[C@@H]1c1ccc(Nc2ccccn2)cn1. The van der Waals surface area contributed by atoms with E-state index in [2.05, 4.69) is 15.3 Å². The molecule has 154 valence electrons. The van der Waals surface area contributed by atoms with Gasteiger partial charge in [0.05, 0.1) is 23.6 Å². The first-order chi connectivity index (χ1) is 14.5. The number of aromatic nitrogens is 3. The molecule has 0 unspecified atom stereocenters. The summed E-state index contributed by atoms with van der Waals surface area (Å²) in [7, 11) is 1.70. The van der Waals surface area contributed by atoms with Gasteiger partial charge in [0.15, 0.2) is 0 Å². The summed E-state index contributed by atoms with van der Waals surface area (Å²) in [5.74, 6) is 0.531. The Morgan fingerprint density at radius 2 is 2.00 bits per heavy atom. The highest BCUT2D eigenvalue weighted by Gasteiger charge is 2.33. The van der Waals surface area contributed by atoms with Gasteiger partial charge >= 0.3 is 0 Å². The summed E-state index contributed by atoms with van der Waals surface area (Å²) in [6.45, 7) is 4.31. The summed E-state index contributed by atoms with van der Waals surface area (Å²) in [6.07, 6.45) is 5.19. The Kier molecular flexibility index (Phi) is 5.35. The summed E-state index contributed by atoms with van der Waals surface area (Å²) in [5, 5.41) is 3.21. The third-order valence-electron chi connectivity index (χ3n) is 5.66. The number of anilines is 2. The number of hydrogen-bond donors (Lipinski definition) is 1. The van der Waals surface area contributed by atoms with E-state index in [1.54, 1.807) is 24.3 Å². The van der Waals surface area contributed by atoms with Gasteiger partial charge in [-0.05, 0) is 62.6 Å². The van der Waals surface area contributed by atoms with Gasteiger partial charge in [0, 0.05) is 25.5 Å². The van der Waals surface area contributed by atoms with Crippen LogP contribution in [0.5, 0.6) is 0 Å². The average molecular weight is 403 g/mol. The van der Waals surface area contributed by atoms with Crippen LogP contribution >= 0.6 is 0 Å². The van der Waals surface area contributed by atoms with Crippen LogP contribution in [-0.2, 0) is 7.05 Å². The number of aryl methyl sites for hydroxylation is 2. The summed E-state index contributed by atoms with van der Waals surface area (Å²) in [5.41, 5.74) is 3.22. The number of nitrogens with zero attached hydrogens (tertiary/aromatic N) is 4. The highest BCUT2D eigenvalue weighted by atomic mass is 16.2. The molecular weight excluding hydrogens is 378 g/mol. The number of rotatable bonds is 4. The van der Waals surface area contributed by atoms with Gasteiger partial charge in [0.25, 0.3) is 11.5 Å². The molecular formula is C23H25N5O2. The lowest BCUT2D eigenvalue weighted by Crippen LogP contribution is -2.37. The predicted octanol–water partition coefficient (Wildman–Crippen LogP) is 3.51. The molecule has 3 aromatic heterocycles. The Bertz CT molecular complexity index is 1120. The van der Waals surface area contributed by atoms with Gasteiger partial charge in [-0.2, -0.15) is 0 Å². The fourth-order valence-corrected chi connectivity index (χ4v) is 3.96. The van der Waals surface area contributed by atoms with Gasteiger partial charge in [-0.3, -0.25) is 14.6 Å². The van der Waals surface area contributed by atoms with Crippen molar-refractivity contribution in [1.29, 1.82) is 0 Å². The second-order valence-electron chi connectivity index (χ2n) is 7.68. The molecule has 1 fully saturated rings. The zero-order chi connectivity index (χ0) is 21.3. The van der Waals surface area contributed by atoms with Crippen LogP contribution in [0.3, 0.4) is 0 Å². The lowest BCUT2D eigenvalue weighted by Gasteiger charge is -2.25. The third kappa shape index (κ3) is 3.70. The van der Waals surface area contributed by atoms with Crippen LogP contribution in [0.15, 0.2) is 53.6 Å². The Morgan fingerprint density at radius 3 is 2.70 bits per heavy atom. The Balaban J connectivity index is 1.58. The second-order valence-corrected chi connectivity index (χ2v) is 7.68. The first-order valence-corrected chi connectivity index (χ1v) is 10.1. The van der Waals surface area contributed by atoms with Gasteiger partial charge in [-0.25, -0.2) is 4.98 Å². The molecule has 0 radical (unpaired) electrons. The lowest BCUT2D eigenvalue weighted by atomic mass is 10.1. The Labute approximate surface area is 175 Å². The number of hydrogen-bond acceptors (Lipinski definition) is 5. The number of pyridine rings is 3. The van der Waals surface area contributed by atoms with Crippen molar-refractivity contribution in [3.63, 3.8) is 0 Å². The highest BCUT2D eigenvalue weighted by molar-refractivity contribution is 5.95. The first kappa shape index (κ1) is 19.8. The fourth-order valence-electron chi connectivity index (χ4n) is 3.96. The lowest BCUT2D eigenvalue weighted by molar-refractivity contribution is 0.0729. The van der Waals surface area contributed by atoms with Crippen molar-refractivity contribution in [2.24, 2.45) is 7.05 Å². The summed E-state index contributed by atoms with van der Waals surface area (Å²) in [4.78, 5) is 36.7. The molecule has 0 bridgehead atoms. The van der Waals surface area contributed by atoms with Crippen molar-refractivity contribution in [3.8, 4) is 0 Å². The zero-order valence-corrected chi connectivity index (χ0v) is 17.4. The maximum absolute atomic E-state index is 13.3. The van der Waals surface area contributed by atoms with Crippen molar-refractivity contribution in [2.45, 2.75) is 32.7 Å². The molecule has 3 aromatic rings. The van der Waals surface area contributed by atoms with E-state index in [0.29, 0.717) is 12.1 Å². The first-order valence-electron chi connectivity index (χ1n) is 10.1. The average Bonchev–Trinajstić information content (AvgIpc) is 3.23. The summed E-state index contributed by atoms with van der Waals surface area (Å²) < 4.78 is 1.53. The molecule has 1 atom stereocenters. The fraction of sp³-hybridized carbons (Fsp3) is 0.304. The van der Waals surface area contributed by atoms with Gasteiger partial charge in [0.2, 0.25) is 0 Å². The summed E-state index contributed by atoms with van der Waals surface area (Å²) >= 11 is 0. The molecule has 4 heterocycles. The normalized spacial score (nSPS) is 16.0. The van der Waals surface area contributed by atoms with E-state index in [-0.39, 0.29) is 23.1 Å². The Hall–Kier alpha value is -3.48. The van der Waals surface area contributed by atoms with Crippen molar-refractivity contribution in [2.75, 3.05) is 11.9 Å². The Morgan fingerprint density at radius 1 is 1.17 bits per heavy atom. The van der Waals surface area contributed by atoms with E-state index in [9.17, 15) is 9.59 Å². The van der Waals surface area contributed by atoms with Gasteiger partial charge in [-0.15, -0.1) is 0 Å². The molecule has 7 heteroatoms. The molecule has 0 aromatic carbocycles. The van der Waals surface area contributed by atoms with E-state index in [0.717, 1.165) is 35.7 Å². The van der Waals surface area contributed by atoms with Gasteiger partial charge < -0.3 is 14.8 Å². The number of nitrogens with one attached hydrogen (secondary N) is 1. The molecule has 0 spiro atoms.